The molecule has 0 radical (unpaired) electrons. The summed E-state index contributed by atoms with van der Waals surface area (Å²) in [5.74, 6) is -0.970. The molecule has 2 rings (SSSR count). The minimum absolute atomic E-state index is 0.0635. The number of benzene rings is 1. The molecule has 0 aliphatic carbocycles. The van der Waals surface area contributed by atoms with Crippen LogP contribution in [-0.4, -0.2) is 29.2 Å². The van der Waals surface area contributed by atoms with Crippen LogP contribution < -0.4 is 5.32 Å². The van der Waals surface area contributed by atoms with Gasteiger partial charge in [-0.1, -0.05) is 12.1 Å². The number of anilines is 1. The van der Waals surface area contributed by atoms with Gasteiger partial charge in [0.2, 0.25) is 0 Å². The second-order valence-corrected chi connectivity index (χ2v) is 4.78. The second kappa shape index (κ2) is 7.09. The predicted octanol–water partition coefficient (Wildman–Crippen LogP) is 2.04. The van der Waals surface area contributed by atoms with Gasteiger partial charge in [0.1, 0.15) is 16.5 Å². The van der Waals surface area contributed by atoms with E-state index in [0.29, 0.717) is 5.01 Å². The largest absolute Gasteiger partial charge is 0.394 e. The van der Waals surface area contributed by atoms with Crippen LogP contribution >= 0.6 is 11.3 Å². The van der Waals surface area contributed by atoms with Crippen LogP contribution in [0.2, 0.25) is 0 Å². The molecule has 1 aromatic heterocycles. The van der Waals surface area contributed by atoms with Crippen molar-refractivity contribution in [2.75, 3.05) is 18.5 Å². The molecule has 1 amide bonds. The van der Waals surface area contributed by atoms with E-state index in [4.69, 9.17) is 9.84 Å². The molecule has 106 valence electrons. The van der Waals surface area contributed by atoms with E-state index in [1.807, 2.05) is 0 Å². The first-order valence-corrected chi connectivity index (χ1v) is 6.77. The van der Waals surface area contributed by atoms with Crippen molar-refractivity contribution in [3.8, 4) is 0 Å². The number of carbonyl (C=O) groups excluding carboxylic acids is 1. The smallest absolute Gasteiger partial charge is 0.275 e. The third-order valence-electron chi connectivity index (χ3n) is 2.37. The van der Waals surface area contributed by atoms with Crippen LogP contribution in [0.25, 0.3) is 0 Å². The summed E-state index contributed by atoms with van der Waals surface area (Å²) >= 11 is 1.27. The normalized spacial score (nSPS) is 10.5. The molecular weight excluding hydrogens is 283 g/mol. The van der Waals surface area contributed by atoms with E-state index in [2.05, 4.69) is 10.3 Å². The first-order valence-electron chi connectivity index (χ1n) is 5.89. The maximum Gasteiger partial charge on any atom is 0.275 e. The van der Waals surface area contributed by atoms with Crippen LogP contribution in [0.4, 0.5) is 10.1 Å². The van der Waals surface area contributed by atoms with E-state index in [9.17, 15) is 9.18 Å². The number of thiazole rings is 1. The highest BCUT2D eigenvalue weighted by Crippen LogP contribution is 2.16. The van der Waals surface area contributed by atoms with Crippen LogP contribution in [0.3, 0.4) is 0 Å². The molecule has 0 fully saturated rings. The highest BCUT2D eigenvalue weighted by molar-refractivity contribution is 7.09. The SMILES string of the molecule is O=C(Nc1ccccc1F)c1csc(COCCO)n1. The lowest BCUT2D eigenvalue weighted by Crippen LogP contribution is -2.13. The quantitative estimate of drug-likeness (QED) is 0.800. The van der Waals surface area contributed by atoms with Crippen LogP contribution in [0.15, 0.2) is 29.6 Å². The van der Waals surface area contributed by atoms with E-state index in [1.54, 1.807) is 17.5 Å². The number of hydrogen-bond donors (Lipinski definition) is 2. The van der Waals surface area contributed by atoms with Gasteiger partial charge in [0, 0.05) is 5.38 Å². The standard InChI is InChI=1S/C13H13FN2O3S/c14-9-3-1-2-4-10(9)16-13(18)11-8-20-12(15-11)7-19-6-5-17/h1-4,8,17H,5-7H2,(H,16,18). The molecule has 0 aliphatic rings. The number of amides is 1. The summed E-state index contributed by atoms with van der Waals surface area (Å²) < 4.78 is 18.5. The van der Waals surface area contributed by atoms with Gasteiger partial charge in [-0.25, -0.2) is 9.37 Å². The molecule has 2 N–H and O–H groups in total. The van der Waals surface area contributed by atoms with Gasteiger partial charge < -0.3 is 15.2 Å². The number of para-hydroxylation sites is 1. The molecule has 20 heavy (non-hydrogen) atoms. The van der Waals surface area contributed by atoms with Crippen molar-refractivity contribution in [1.29, 1.82) is 0 Å². The molecule has 0 unspecified atom stereocenters. The van der Waals surface area contributed by atoms with Gasteiger partial charge in [0.25, 0.3) is 5.91 Å². The zero-order chi connectivity index (χ0) is 14.4. The minimum atomic E-state index is -0.498. The Morgan fingerprint density at radius 2 is 2.25 bits per heavy atom. The number of hydrogen-bond acceptors (Lipinski definition) is 5. The summed E-state index contributed by atoms with van der Waals surface area (Å²) in [6.45, 7) is 0.389. The van der Waals surface area contributed by atoms with Gasteiger partial charge in [-0.05, 0) is 12.1 Å². The summed E-state index contributed by atoms with van der Waals surface area (Å²) in [4.78, 5) is 16.0. The molecule has 2 aromatic rings. The van der Waals surface area contributed by atoms with Gasteiger partial charge in [0.05, 0.1) is 25.5 Å². The highest BCUT2D eigenvalue weighted by Gasteiger charge is 2.12. The Hall–Kier alpha value is -1.83. The molecule has 0 saturated heterocycles. The topological polar surface area (TPSA) is 71.5 Å². The Labute approximate surface area is 119 Å². The monoisotopic (exact) mass is 296 g/mol. The van der Waals surface area contributed by atoms with E-state index < -0.39 is 11.7 Å². The van der Waals surface area contributed by atoms with Crippen molar-refractivity contribution in [1.82, 2.24) is 4.98 Å². The van der Waals surface area contributed by atoms with E-state index >= 15 is 0 Å². The molecule has 0 aliphatic heterocycles. The molecule has 7 heteroatoms. The molecule has 0 spiro atoms. The number of aromatic nitrogens is 1. The summed E-state index contributed by atoms with van der Waals surface area (Å²) in [6, 6.07) is 5.92. The number of rotatable bonds is 6. The molecule has 0 atom stereocenters. The van der Waals surface area contributed by atoms with Crippen molar-refractivity contribution in [2.24, 2.45) is 0 Å². The van der Waals surface area contributed by atoms with Crippen LogP contribution in [-0.2, 0) is 11.3 Å². The summed E-state index contributed by atoms with van der Waals surface area (Å²) in [5, 5.41) is 13.2. The molecule has 1 aromatic carbocycles. The minimum Gasteiger partial charge on any atom is -0.394 e. The first kappa shape index (κ1) is 14.6. The average molecular weight is 296 g/mol. The van der Waals surface area contributed by atoms with Gasteiger partial charge in [0.15, 0.2) is 0 Å². The van der Waals surface area contributed by atoms with Crippen molar-refractivity contribution >= 4 is 22.9 Å². The van der Waals surface area contributed by atoms with Gasteiger partial charge in [-0.15, -0.1) is 11.3 Å². The summed E-state index contributed by atoms with van der Waals surface area (Å²) in [7, 11) is 0. The number of nitrogens with zero attached hydrogens (tertiary/aromatic N) is 1. The van der Waals surface area contributed by atoms with E-state index in [-0.39, 0.29) is 31.2 Å². The third kappa shape index (κ3) is 3.83. The zero-order valence-electron chi connectivity index (χ0n) is 10.5. The van der Waals surface area contributed by atoms with Crippen molar-refractivity contribution in [3.63, 3.8) is 0 Å². The lowest BCUT2D eigenvalue weighted by Gasteiger charge is -2.03. The van der Waals surface area contributed by atoms with Crippen molar-refractivity contribution in [3.05, 3.63) is 46.2 Å². The fraction of sp³-hybridized carbons (Fsp3) is 0.231. The van der Waals surface area contributed by atoms with E-state index in [1.165, 1.54) is 23.5 Å². The third-order valence-corrected chi connectivity index (χ3v) is 3.19. The van der Waals surface area contributed by atoms with Crippen molar-refractivity contribution in [2.45, 2.75) is 6.61 Å². The average Bonchev–Trinajstić information content (AvgIpc) is 2.91. The van der Waals surface area contributed by atoms with Crippen LogP contribution in [0.5, 0.6) is 0 Å². The molecular formula is C13H13FN2O3S. The molecule has 0 saturated carbocycles. The maximum atomic E-state index is 13.4. The number of halogens is 1. The Balaban J connectivity index is 1.98. The number of ether oxygens (including phenoxy) is 1. The Kier molecular flexibility index (Phi) is 5.16. The number of aliphatic hydroxyl groups is 1. The zero-order valence-corrected chi connectivity index (χ0v) is 11.3. The Bertz CT molecular complexity index is 589. The summed E-state index contributed by atoms with van der Waals surface area (Å²) in [5.41, 5.74) is 0.324. The lowest BCUT2D eigenvalue weighted by atomic mass is 10.3. The van der Waals surface area contributed by atoms with Crippen LogP contribution in [0, 0.1) is 5.82 Å². The Morgan fingerprint density at radius 1 is 1.45 bits per heavy atom. The molecule has 1 heterocycles. The van der Waals surface area contributed by atoms with Gasteiger partial charge in [-0.2, -0.15) is 0 Å². The fourth-order valence-corrected chi connectivity index (χ4v) is 2.16. The van der Waals surface area contributed by atoms with Crippen molar-refractivity contribution < 1.29 is 19.0 Å². The number of carbonyl (C=O) groups is 1. The summed E-state index contributed by atoms with van der Waals surface area (Å²) in [6.07, 6.45) is 0. The highest BCUT2D eigenvalue weighted by atomic mass is 32.1. The maximum absolute atomic E-state index is 13.4. The first-order chi connectivity index (χ1) is 9.70. The molecule has 0 bridgehead atoms. The van der Waals surface area contributed by atoms with Gasteiger partial charge in [-0.3, -0.25) is 4.79 Å². The molecule has 5 nitrogen and oxygen atoms in total. The number of nitrogens with one attached hydrogen (secondary N) is 1. The lowest BCUT2D eigenvalue weighted by molar-refractivity contribution is 0.0812. The predicted molar refractivity (Wildman–Crippen MR) is 73.2 cm³/mol. The van der Waals surface area contributed by atoms with E-state index in [0.717, 1.165) is 0 Å². The Morgan fingerprint density at radius 3 is 3.00 bits per heavy atom. The second-order valence-electron chi connectivity index (χ2n) is 3.84. The van der Waals surface area contributed by atoms with Gasteiger partial charge >= 0.3 is 0 Å². The fourth-order valence-electron chi connectivity index (χ4n) is 1.45. The van der Waals surface area contributed by atoms with Crippen LogP contribution in [0.1, 0.15) is 15.5 Å². The number of aliphatic hydroxyl groups excluding tert-OH is 1.